The van der Waals surface area contributed by atoms with E-state index in [0.717, 1.165) is 5.56 Å². The van der Waals surface area contributed by atoms with Gasteiger partial charge in [0.1, 0.15) is 17.1 Å². The van der Waals surface area contributed by atoms with Gasteiger partial charge in [-0.05, 0) is 43.2 Å². The molecule has 2 aromatic carbocycles. The van der Waals surface area contributed by atoms with E-state index >= 15 is 0 Å². The number of sulfonamides is 1. The lowest BCUT2D eigenvalue weighted by molar-refractivity contribution is 0.0948. The summed E-state index contributed by atoms with van der Waals surface area (Å²) in [4.78, 5) is 12.7. The normalized spacial score (nSPS) is 11.1. The Kier molecular flexibility index (Phi) is 6.81. The molecule has 0 saturated carbocycles. The van der Waals surface area contributed by atoms with Gasteiger partial charge in [0.25, 0.3) is 5.91 Å². The lowest BCUT2D eigenvalue weighted by Gasteiger charge is -2.13. The Morgan fingerprint density at radius 2 is 1.63 bits per heavy atom. The van der Waals surface area contributed by atoms with Gasteiger partial charge in [-0.1, -0.05) is 18.2 Å². The van der Waals surface area contributed by atoms with Gasteiger partial charge in [-0.3, -0.25) is 4.79 Å². The van der Waals surface area contributed by atoms with Crippen LogP contribution in [0.4, 0.5) is 0 Å². The summed E-state index contributed by atoms with van der Waals surface area (Å²) >= 11 is 0. The van der Waals surface area contributed by atoms with Crippen molar-refractivity contribution in [3.63, 3.8) is 0 Å². The first-order valence-electron chi connectivity index (χ1n) is 8.36. The zero-order chi connectivity index (χ0) is 20.0. The maximum absolute atomic E-state index is 12.5. The molecule has 8 heteroatoms. The second kappa shape index (κ2) is 8.88. The predicted molar refractivity (Wildman–Crippen MR) is 103 cm³/mol. The number of benzene rings is 2. The van der Waals surface area contributed by atoms with Crippen molar-refractivity contribution in [3.8, 4) is 11.5 Å². The van der Waals surface area contributed by atoms with Crippen molar-refractivity contribution < 1.29 is 22.7 Å². The lowest BCUT2D eigenvalue weighted by atomic mass is 10.1. The average Bonchev–Trinajstić information content (AvgIpc) is 2.66. The van der Waals surface area contributed by atoms with Gasteiger partial charge >= 0.3 is 0 Å². The van der Waals surface area contributed by atoms with Crippen molar-refractivity contribution in [1.29, 1.82) is 0 Å². The molecule has 0 heterocycles. The molecule has 27 heavy (non-hydrogen) atoms. The number of ether oxygens (including phenoxy) is 2. The average molecular weight is 392 g/mol. The third-order valence-electron chi connectivity index (χ3n) is 3.99. The first kappa shape index (κ1) is 20.7. The van der Waals surface area contributed by atoms with E-state index in [2.05, 4.69) is 10.0 Å². The van der Waals surface area contributed by atoms with Gasteiger partial charge in [0.05, 0.1) is 19.1 Å². The summed E-state index contributed by atoms with van der Waals surface area (Å²) < 4.78 is 37.8. The highest BCUT2D eigenvalue weighted by atomic mass is 32.2. The number of rotatable bonds is 8. The molecule has 146 valence electrons. The second-order valence-electron chi connectivity index (χ2n) is 5.96. The third kappa shape index (κ3) is 4.99. The summed E-state index contributed by atoms with van der Waals surface area (Å²) in [5.41, 5.74) is 1.79. The molecule has 0 aliphatic rings. The summed E-state index contributed by atoms with van der Waals surface area (Å²) in [6, 6.07) is 10.3. The Hall–Kier alpha value is -2.58. The highest BCUT2D eigenvalue weighted by Gasteiger charge is 2.19. The SMILES string of the molecule is COc1cccc(OC)c1C(=O)NCCNS(=O)(=O)c1cc(C)ccc1C. The van der Waals surface area contributed by atoms with Crippen LogP contribution in [0, 0.1) is 13.8 Å². The minimum Gasteiger partial charge on any atom is -0.496 e. The van der Waals surface area contributed by atoms with Gasteiger partial charge in [0.2, 0.25) is 10.0 Å². The van der Waals surface area contributed by atoms with Gasteiger partial charge in [-0.25, -0.2) is 13.1 Å². The monoisotopic (exact) mass is 392 g/mol. The van der Waals surface area contributed by atoms with Gasteiger partial charge in [-0.2, -0.15) is 0 Å². The van der Waals surface area contributed by atoms with E-state index in [1.165, 1.54) is 14.2 Å². The number of aryl methyl sites for hydroxylation is 2. The van der Waals surface area contributed by atoms with Crippen LogP contribution in [-0.4, -0.2) is 41.6 Å². The van der Waals surface area contributed by atoms with Crippen molar-refractivity contribution in [1.82, 2.24) is 10.0 Å². The summed E-state index contributed by atoms with van der Waals surface area (Å²) in [5.74, 6) is 0.348. The van der Waals surface area contributed by atoms with E-state index < -0.39 is 15.9 Å². The van der Waals surface area contributed by atoms with Gasteiger partial charge in [-0.15, -0.1) is 0 Å². The number of carbonyl (C=O) groups is 1. The Bertz CT molecular complexity index is 903. The van der Waals surface area contributed by atoms with Crippen LogP contribution in [-0.2, 0) is 10.0 Å². The fraction of sp³-hybridized carbons (Fsp3) is 0.316. The molecular formula is C19H24N2O5S. The predicted octanol–water partition coefficient (Wildman–Crippen LogP) is 2.03. The summed E-state index contributed by atoms with van der Waals surface area (Å²) in [7, 11) is -0.728. The fourth-order valence-electron chi connectivity index (χ4n) is 2.60. The van der Waals surface area contributed by atoms with E-state index in [-0.39, 0.29) is 23.5 Å². The topological polar surface area (TPSA) is 93.7 Å². The van der Waals surface area contributed by atoms with E-state index in [0.29, 0.717) is 17.1 Å². The maximum atomic E-state index is 12.5. The van der Waals surface area contributed by atoms with Crippen LogP contribution in [0.2, 0.25) is 0 Å². The molecule has 0 unspecified atom stereocenters. The maximum Gasteiger partial charge on any atom is 0.258 e. The van der Waals surface area contributed by atoms with E-state index in [1.54, 1.807) is 37.3 Å². The quantitative estimate of drug-likeness (QED) is 0.671. The van der Waals surface area contributed by atoms with Crippen LogP contribution >= 0.6 is 0 Å². The zero-order valence-electron chi connectivity index (χ0n) is 15.8. The Morgan fingerprint density at radius 1 is 1.00 bits per heavy atom. The van der Waals surface area contributed by atoms with Gasteiger partial charge < -0.3 is 14.8 Å². The second-order valence-corrected chi connectivity index (χ2v) is 7.70. The Balaban J connectivity index is 2.01. The molecule has 2 aromatic rings. The van der Waals surface area contributed by atoms with E-state index in [9.17, 15) is 13.2 Å². The molecular weight excluding hydrogens is 368 g/mol. The van der Waals surface area contributed by atoms with Crippen LogP contribution in [0.15, 0.2) is 41.3 Å². The largest absolute Gasteiger partial charge is 0.496 e. The van der Waals surface area contributed by atoms with Crippen molar-refractivity contribution >= 4 is 15.9 Å². The smallest absolute Gasteiger partial charge is 0.258 e. The molecule has 0 aliphatic carbocycles. The summed E-state index contributed by atoms with van der Waals surface area (Å²) in [6.45, 7) is 3.74. The Labute approximate surface area is 159 Å². The van der Waals surface area contributed by atoms with Crippen LogP contribution in [0.3, 0.4) is 0 Å². The molecule has 2 N–H and O–H groups in total. The first-order chi connectivity index (χ1) is 12.8. The summed E-state index contributed by atoms with van der Waals surface area (Å²) in [6.07, 6.45) is 0. The highest BCUT2D eigenvalue weighted by Crippen LogP contribution is 2.27. The molecule has 0 atom stereocenters. The van der Waals surface area contributed by atoms with Crippen molar-refractivity contribution in [2.45, 2.75) is 18.7 Å². The number of methoxy groups -OCH3 is 2. The molecule has 7 nitrogen and oxygen atoms in total. The molecule has 0 fully saturated rings. The number of hydrogen-bond acceptors (Lipinski definition) is 5. The standard InChI is InChI=1S/C19H24N2O5S/c1-13-8-9-14(2)17(12-13)27(23,24)21-11-10-20-19(22)18-15(25-3)6-5-7-16(18)26-4/h5-9,12,21H,10-11H2,1-4H3,(H,20,22). The first-order valence-corrected chi connectivity index (χ1v) is 9.84. The number of nitrogens with one attached hydrogen (secondary N) is 2. The van der Waals surface area contributed by atoms with E-state index in [1.807, 2.05) is 13.0 Å². The van der Waals surface area contributed by atoms with Crippen LogP contribution in [0.5, 0.6) is 11.5 Å². The third-order valence-corrected chi connectivity index (χ3v) is 5.59. The molecule has 0 aliphatic heterocycles. The molecule has 1 amide bonds. The molecule has 2 rings (SSSR count). The fourth-order valence-corrected chi connectivity index (χ4v) is 3.96. The number of carbonyl (C=O) groups excluding carboxylic acids is 1. The van der Waals surface area contributed by atoms with Gasteiger partial charge in [0, 0.05) is 13.1 Å². The van der Waals surface area contributed by atoms with Crippen molar-refractivity contribution in [3.05, 3.63) is 53.1 Å². The molecule has 0 spiro atoms. The minimum atomic E-state index is -3.65. The highest BCUT2D eigenvalue weighted by molar-refractivity contribution is 7.89. The zero-order valence-corrected chi connectivity index (χ0v) is 16.6. The number of amides is 1. The minimum absolute atomic E-state index is 0.0545. The van der Waals surface area contributed by atoms with Crippen LogP contribution < -0.4 is 19.5 Å². The van der Waals surface area contributed by atoms with Crippen LogP contribution in [0.1, 0.15) is 21.5 Å². The van der Waals surface area contributed by atoms with Crippen molar-refractivity contribution in [2.75, 3.05) is 27.3 Å². The van der Waals surface area contributed by atoms with E-state index in [4.69, 9.17) is 9.47 Å². The molecule has 0 aromatic heterocycles. The number of hydrogen-bond donors (Lipinski definition) is 2. The summed E-state index contributed by atoms with van der Waals surface area (Å²) in [5, 5.41) is 2.67. The van der Waals surface area contributed by atoms with Gasteiger partial charge in [0.15, 0.2) is 0 Å². The van der Waals surface area contributed by atoms with Crippen molar-refractivity contribution in [2.24, 2.45) is 0 Å². The molecule has 0 saturated heterocycles. The molecule has 0 bridgehead atoms. The van der Waals surface area contributed by atoms with Crippen LogP contribution in [0.25, 0.3) is 0 Å². The molecule has 0 radical (unpaired) electrons. The Morgan fingerprint density at radius 3 is 2.22 bits per heavy atom. The lowest BCUT2D eigenvalue weighted by Crippen LogP contribution is -2.35.